The predicted molar refractivity (Wildman–Crippen MR) is 129 cm³/mol. The number of sulfone groups is 1. The first-order chi connectivity index (χ1) is 15.9. The predicted octanol–water partition coefficient (Wildman–Crippen LogP) is 3.08. The molecule has 2 aromatic carbocycles. The van der Waals surface area contributed by atoms with Gasteiger partial charge in [0.25, 0.3) is 5.91 Å². The summed E-state index contributed by atoms with van der Waals surface area (Å²) in [7, 11) is -1.97. The smallest absolute Gasteiger partial charge is 0.261 e. The molecule has 0 saturated carbocycles. The van der Waals surface area contributed by atoms with E-state index in [1.807, 2.05) is 18.2 Å². The third-order valence-corrected chi connectivity index (χ3v) is 7.75. The van der Waals surface area contributed by atoms with Crippen molar-refractivity contribution in [2.75, 3.05) is 57.7 Å². The van der Waals surface area contributed by atoms with E-state index in [0.717, 1.165) is 42.5 Å². The molecule has 8 nitrogen and oxygen atoms in total. The van der Waals surface area contributed by atoms with Crippen LogP contribution in [0.4, 0.5) is 5.13 Å². The Labute approximate surface area is 197 Å². The number of ether oxygens (including phenoxy) is 2. The third-order valence-electron chi connectivity index (χ3n) is 5.54. The highest BCUT2D eigenvalue weighted by Gasteiger charge is 2.26. The van der Waals surface area contributed by atoms with Gasteiger partial charge in [-0.1, -0.05) is 23.5 Å². The summed E-state index contributed by atoms with van der Waals surface area (Å²) in [6.07, 6.45) is 1.85. The second-order valence-corrected chi connectivity index (χ2v) is 10.9. The zero-order valence-electron chi connectivity index (χ0n) is 18.7. The number of fused-ring (bicyclic) bond motifs is 1. The van der Waals surface area contributed by atoms with Gasteiger partial charge in [-0.05, 0) is 30.7 Å². The first-order valence-corrected chi connectivity index (χ1v) is 13.4. The Kier molecular flexibility index (Phi) is 7.28. The lowest BCUT2D eigenvalue weighted by molar-refractivity contribution is 0.0376. The molecule has 1 aliphatic rings. The van der Waals surface area contributed by atoms with Crippen LogP contribution in [0.15, 0.2) is 47.4 Å². The number of benzene rings is 2. The molecule has 1 aliphatic heterocycles. The van der Waals surface area contributed by atoms with E-state index in [0.29, 0.717) is 30.6 Å². The number of aromatic nitrogens is 1. The fourth-order valence-electron chi connectivity index (χ4n) is 3.81. The molecule has 2 heterocycles. The number of carbonyl (C=O) groups is 1. The molecule has 0 spiro atoms. The summed E-state index contributed by atoms with van der Waals surface area (Å²) < 4.78 is 36.3. The number of nitrogens with zero attached hydrogens (tertiary/aromatic N) is 3. The van der Waals surface area contributed by atoms with Gasteiger partial charge in [-0.2, -0.15) is 0 Å². The molecule has 3 aromatic rings. The molecule has 0 atom stereocenters. The summed E-state index contributed by atoms with van der Waals surface area (Å²) in [5.74, 6) is 0.316. The van der Waals surface area contributed by atoms with Gasteiger partial charge in [0.05, 0.1) is 41.0 Å². The molecular weight excluding hydrogens is 462 g/mol. The van der Waals surface area contributed by atoms with Crippen molar-refractivity contribution in [2.45, 2.75) is 11.3 Å². The lowest BCUT2D eigenvalue weighted by Gasteiger charge is -2.28. The fourth-order valence-corrected chi connectivity index (χ4v) is 5.66. The largest absolute Gasteiger partial charge is 0.497 e. The van der Waals surface area contributed by atoms with E-state index in [-0.39, 0.29) is 16.4 Å². The number of hydrogen-bond acceptors (Lipinski definition) is 8. The highest BCUT2D eigenvalue weighted by atomic mass is 32.2. The summed E-state index contributed by atoms with van der Waals surface area (Å²) in [6.45, 7) is 4.40. The normalized spacial score (nSPS) is 15.0. The van der Waals surface area contributed by atoms with E-state index in [2.05, 4.69) is 9.88 Å². The van der Waals surface area contributed by atoms with E-state index >= 15 is 0 Å². The molecule has 0 radical (unpaired) electrons. The van der Waals surface area contributed by atoms with E-state index in [1.54, 1.807) is 30.2 Å². The number of carbonyl (C=O) groups excluding carboxylic acids is 1. The maximum absolute atomic E-state index is 13.7. The lowest BCUT2D eigenvalue weighted by atomic mass is 10.2. The topological polar surface area (TPSA) is 89.0 Å². The summed E-state index contributed by atoms with van der Waals surface area (Å²) in [5, 5.41) is 0.536. The van der Waals surface area contributed by atoms with Crippen LogP contribution in [-0.2, 0) is 14.6 Å². The Bertz CT molecular complexity index is 1240. The number of morpholine rings is 1. The van der Waals surface area contributed by atoms with Gasteiger partial charge in [0.1, 0.15) is 5.75 Å². The van der Waals surface area contributed by atoms with Crippen LogP contribution < -0.4 is 9.64 Å². The Morgan fingerprint density at radius 2 is 1.97 bits per heavy atom. The van der Waals surface area contributed by atoms with Crippen molar-refractivity contribution in [2.24, 2.45) is 0 Å². The van der Waals surface area contributed by atoms with E-state index in [1.165, 1.54) is 17.4 Å². The molecule has 1 saturated heterocycles. The van der Waals surface area contributed by atoms with Crippen LogP contribution in [0.25, 0.3) is 10.2 Å². The van der Waals surface area contributed by atoms with Crippen LogP contribution in [0.2, 0.25) is 0 Å². The van der Waals surface area contributed by atoms with Crippen molar-refractivity contribution in [1.29, 1.82) is 0 Å². The molecule has 1 aromatic heterocycles. The molecule has 0 N–H and O–H groups in total. The van der Waals surface area contributed by atoms with E-state index in [4.69, 9.17) is 9.47 Å². The second-order valence-electron chi connectivity index (χ2n) is 7.86. The lowest BCUT2D eigenvalue weighted by Crippen LogP contribution is -2.39. The summed E-state index contributed by atoms with van der Waals surface area (Å²) in [5.41, 5.74) is 0.889. The molecule has 0 aliphatic carbocycles. The molecule has 33 heavy (non-hydrogen) atoms. The van der Waals surface area contributed by atoms with Gasteiger partial charge in [-0.3, -0.25) is 14.6 Å². The van der Waals surface area contributed by atoms with Crippen molar-refractivity contribution in [3.05, 3.63) is 48.0 Å². The summed E-state index contributed by atoms with van der Waals surface area (Å²) in [6, 6.07) is 11.9. The average Bonchev–Trinajstić information content (AvgIpc) is 3.24. The van der Waals surface area contributed by atoms with Crippen molar-refractivity contribution in [3.8, 4) is 5.75 Å². The number of methoxy groups -OCH3 is 1. The van der Waals surface area contributed by atoms with Crippen LogP contribution in [0, 0.1) is 0 Å². The first-order valence-electron chi connectivity index (χ1n) is 10.7. The van der Waals surface area contributed by atoms with Crippen LogP contribution in [-0.4, -0.2) is 77.0 Å². The zero-order valence-corrected chi connectivity index (χ0v) is 20.3. The van der Waals surface area contributed by atoms with E-state index in [9.17, 15) is 13.2 Å². The minimum Gasteiger partial charge on any atom is -0.497 e. The molecule has 10 heteroatoms. The zero-order chi connectivity index (χ0) is 23.4. The maximum atomic E-state index is 13.7. The molecular formula is C23H27N3O5S2. The number of rotatable bonds is 8. The molecule has 1 amide bonds. The van der Waals surface area contributed by atoms with Gasteiger partial charge >= 0.3 is 0 Å². The standard InChI is InChI=1S/C23H27N3O5S2/c1-30-17-8-9-20-19(16-17)24-23(32-20)26(11-5-10-25-12-14-31-15-13-25)22(27)18-6-3-4-7-21(18)33(2,28)29/h3-4,6-9,16H,5,10-15H2,1-2H3. The number of amides is 1. The molecule has 0 unspecified atom stereocenters. The summed E-state index contributed by atoms with van der Waals surface area (Å²) in [4.78, 5) is 22.3. The van der Waals surface area contributed by atoms with Gasteiger partial charge in [0.2, 0.25) is 0 Å². The van der Waals surface area contributed by atoms with Gasteiger partial charge in [0, 0.05) is 38.5 Å². The molecule has 176 valence electrons. The van der Waals surface area contributed by atoms with Crippen LogP contribution in [0.5, 0.6) is 5.75 Å². The number of hydrogen-bond donors (Lipinski definition) is 0. The van der Waals surface area contributed by atoms with Crippen molar-refractivity contribution < 1.29 is 22.7 Å². The maximum Gasteiger partial charge on any atom is 0.261 e. The van der Waals surface area contributed by atoms with Gasteiger partial charge in [0.15, 0.2) is 15.0 Å². The second kappa shape index (κ2) is 10.2. The average molecular weight is 490 g/mol. The minimum atomic E-state index is -3.57. The van der Waals surface area contributed by atoms with Crippen LogP contribution in [0.3, 0.4) is 0 Å². The number of thiazole rings is 1. The SMILES string of the molecule is COc1ccc2sc(N(CCCN3CCOCC3)C(=O)c3ccccc3S(C)(=O)=O)nc2c1. The monoisotopic (exact) mass is 489 g/mol. The van der Waals surface area contributed by atoms with Gasteiger partial charge in [-0.15, -0.1) is 0 Å². The molecule has 0 bridgehead atoms. The first kappa shape index (κ1) is 23.6. The Morgan fingerprint density at radius 1 is 1.21 bits per heavy atom. The highest BCUT2D eigenvalue weighted by Crippen LogP contribution is 2.32. The number of anilines is 1. The van der Waals surface area contributed by atoms with Crippen LogP contribution >= 0.6 is 11.3 Å². The highest BCUT2D eigenvalue weighted by molar-refractivity contribution is 7.90. The van der Waals surface area contributed by atoms with Crippen molar-refractivity contribution in [1.82, 2.24) is 9.88 Å². The van der Waals surface area contributed by atoms with Crippen LogP contribution in [0.1, 0.15) is 16.8 Å². The Morgan fingerprint density at radius 3 is 2.70 bits per heavy atom. The van der Waals surface area contributed by atoms with E-state index < -0.39 is 9.84 Å². The van der Waals surface area contributed by atoms with Gasteiger partial charge < -0.3 is 9.47 Å². The fraction of sp³-hybridized carbons (Fsp3) is 0.391. The Balaban J connectivity index is 1.66. The Hall–Kier alpha value is -2.53. The molecule has 4 rings (SSSR count). The quantitative estimate of drug-likeness (QED) is 0.480. The van der Waals surface area contributed by atoms with Gasteiger partial charge in [-0.25, -0.2) is 13.4 Å². The minimum absolute atomic E-state index is 0.0240. The van der Waals surface area contributed by atoms with Crippen molar-refractivity contribution in [3.63, 3.8) is 0 Å². The third kappa shape index (κ3) is 5.52. The van der Waals surface area contributed by atoms with Crippen molar-refractivity contribution >= 4 is 42.4 Å². The summed E-state index contributed by atoms with van der Waals surface area (Å²) >= 11 is 1.40. The molecule has 1 fully saturated rings.